The second kappa shape index (κ2) is 4.03. The maximum atomic E-state index is 12.6. The van der Waals surface area contributed by atoms with Crippen molar-refractivity contribution in [2.24, 2.45) is 0 Å². The molecule has 0 radical (unpaired) electrons. The first-order valence-electron chi connectivity index (χ1n) is 4.07. The number of phenolic OH excluding ortho intramolecular Hbond substituents is 1. The van der Waals surface area contributed by atoms with Crippen LogP contribution in [0.15, 0.2) is 18.2 Å². The molecular weight excluding hydrogens is 171 g/mol. The van der Waals surface area contributed by atoms with Gasteiger partial charge in [-0.15, -0.1) is 0 Å². The van der Waals surface area contributed by atoms with Crippen LogP contribution in [0.5, 0.6) is 5.75 Å². The normalized spacial score (nSPS) is 12.5. The Hall–Kier alpha value is -1.38. The van der Waals surface area contributed by atoms with Crippen LogP contribution in [0, 0.1) is 5.82 Å². The smallest absolute Gasteiger partial charge is 0.126 e. The number of hydrogen-bond donors (Lipinski definition) is 1. The Balaban J connectivity index is 2.94. The van der Waals surface area contributed by atoms with Crippen LogP contribution in [0.2, 0.25) is 0 Å². The number of aldehydes is 1. The van der Waals surface area contributed by atoms with E-state index in [1.54, 1.807) is 6.92 Å². The lowest BCUT2D eigenvalue weighted by atomic mass is 9.97. The summed E-state index contributed by atoms with van der Waals surface area (Å²) >= 11 is 0. The molecule has 0 aliphatic carbocycles. The van der Waals surface area contributed by atoms with Crippen molar-refractivity contribution in [3.05, 3.63) is 29.6 Å². The average Bonchev–Trinajstić information content (AvgIpc) is 2.04. The highest BCUT2D eigenvalue weighted by molar-refractivity contribution is 5.52. The first-order chi connectivity index (χ1) is 6.15. The second-order valence-electron chi connectivity index (χ2n) is 3.01. The van der Waals surface area contributed by atoms with Crippen LogP contribution in [0.3, 0.4) is 0 Å². The van der Waals surface area contributed by atoms with Gasteiger partial charge in [-0.05, 0) is 17.5 Å². The summed E-state index contributed by atoms with van der Waals surface area (Å²) in [6.07, 6.45) is 1.12. The van der Waals surface area contributed by atoms with Crippen LogP contribution in [-0.4, -0.2) is 11.4 Å². The Morgan fingerprint density at radius 2 is 2.31 bits per heavy atom. The first-order valence-corrected chi connectivity index (χ1v) is 4.07. The van der Waals surface area contributed by atoms with Crippen LogP contribution >= 0.6 is 0 Å². The lowest BCUT2D eigenvalue weighted by Gasteiger charge is -2.09. The molecule has 1 rings (SSSR count). The van der Waals surface area contributed by atoms with E-state index in [4.69, 9.17) is 0 Å². The van der Waals surface area contributed by atoms with Crippen molar-refractivity contribution >= 4 is 6.29 Å². The van der Waals surface area contributed by atoms with Gasteiger partial charge in [-0.3, -0.25) is 0 Å². The second-order valence-corrected chi connectivity index (χ2v) is 3.01. The molecule has 0 aromatic heterocycles. The third kappa shape index (κ3) is 2.28. The van der Waals surface area contributed by atoms with Crippen LogP contribution in [0.4, 0.5) is 4.39 Å². The molecule has 70 valence electrons. The molecule has 1 unspecified atom stereocenters. The van der Waals surface area contributed by atoms with Gasteiger partial charge in [0.15, 0.2) is 0 Å². The number of hydrogen-bond acceptors (Lipinski definition) is 2. The van der Waals surface area contributed by atoms with Crippen molar-refractivity contribution in [2.45, 2.75) is 19.3 Å². The zero-order valence-electron chi connectivity index (χ0n) is 7.33. The van der Waals surface area contributed by atoms with E-state index in [0.717, 1.165) is 12.4 Å². The SMILES string of the molecule is CC(CC=O)c1ccc(F)cc1O. The number of phenols is 1. The Morgan fingerprint density at radius 1 is 1.62 bits per heavy atom. The summed E-state index contributed by atoms with van der Waals surface area (Å²) in [5, 5.41) is 9.33. The lowest BCUT2D eigenvalue weighted by molar-refractivity contribution is -0.108. The third-order valence-corrected chi connectivity index (χ3v) is 1.97. The fourth-order valence-corrected chi connectivity index (χ4v) is 1.20. The maximum absolute atomic E-state index is 12.6. The Bertz CT molecular complexity index is 310. The number of rotatable bonds is 3. The minimum absolute atomic E-state index is 0.0712. The molecule has 0 spiro atoms. The Labute approximate surface area is 76.0 Å². The van der Waals surface area contributed by atoms with Gasteiger partial charge in [-0.1, -0.05) is 13.0 Å². The average molecular weight is 182 g/mol. The molecule has 0 saturated heterocycles. The van der Waals surface area contributed by atoms with E-state index in [1.807, 2.05) is 0 Å². The highest BCUT2D eigenvalue weighted by Crippen LogP contribution is 2.27. The summed E-state index contributed by atoms with van der Waals surface area (Å²) in [7, 11) is 0. The summed E-state index contributed by atoms with van der Waals surface area (Å²) in [6, 6.07) is 3.83. The van der Waals surface area contributed by atoms with Crippen LogP contribution in [0.1, 0.15) is 24.8 Å². The highest BCUT2D eigenvalue weighted by Gasteiger charge is 2.09. The topological polar surface area (TPSA) is 37.3 Å². The predicted octanol–water partition coefficient (Wildman–Crippen LogP) is 2.22. The Morgan fingerprint density at radius 3 is 2.85 bits per heavy atom. The van der Waals surface area contributed by atoms with Gasteiger partial charge in [0.1, 0.15) is 17.9 Å². The third-order valence-electron chi connectivity index (χ3n) is 1.97. The van der Waals surface area contributed by atoms with E-state index in [9.17, 15) is 14.3 Å². The van der Waals surface area contributed by atoms with Gasteiger partial charge in [-0.25, -0.2) is 4.39 Å². The van der Waals surface area contributed by atoms with E-state index >= 15 is 0 Å². The molecule has 2 nitrogen and oxygen atoms in total. The molecule has 1 aromatic rings. The molecule has 13 heavy (non-hydrogen) atoms. The van der Waals surface area contributed by atoms with Crippen LogP contribution in [-0.2, 0) is 4.79 Å². The van der Waals surface area contributed by atoms with Crippen molar-refractivity contribution in [2.75, 3.05) is 0 Å². The number of aromatic hydroxyl groups is 1. The van der Waals surface area contributed by atoms with Crippen molar-refractivity contribution in [1.82, 2.24) is 0 Å². The molecule has 1 atom stereocenters. The van der Waals surface area contributed by atoms with Crippen molar-refractivity contribution in [1.29, 1.82) is 0 Å². The minimum Gasteiger partial charge on any atom is -0.508 e. The monoisotopic (exact) mass is 182 g/mol. The van der Waals surface area contributed by atoms with Crippen molar-refractivity contribution < 1.29 is 14.3 Å². The molecule has 0 amide bonds. The first kappa shape index (κ1) is 9.71. The van der Waals surface area contributed by atoms with Gasteiger partial charge in [0, 0.05) is 12.5 Å². The molecular formula is C10H11FO2. The van der Waals surface area contributed by atoms with Gasteiger partial charge in [0.05, 0.1) is 0 Å². The Kier molecular flexibility index (Phi) is 3.01. The summed E-state index contributed by atoms with van der Waals surface area (Å²) in [4.78, 5) is 10.2. The number of halogens is 1. The fraction of sp³-hybridized carbons (Fsp3) is 0.300. The largest absolute Gasteiger partial charge is 0.508 e. The predicted molar refractivity (Wildman–Crippen MR) is 47.2 cm³/mol. The molecule has 1 N–H and O–H groups in total. The number of carbonyl (C=O) groups is 1. The zero-order valence-corrected chi connectivity index (χ0v) is 7.33. The molecule has 1 aromatic carbocycles. The summed E-state index contributed by atoms with van der Waals surface area (Å²) in [5.41, 5.74) is 0.605. The lowest BCUT2D eigenvalue weighted by Crippen LogP contribution is -1.95. The van der Waals surface area contributed by atoms with Crippen molar-refractivity contribution in [3.8, 4) is 5.75 Å². The van der Waals surface area contributed by atoms with Gasteiger partial charge in [0.25, 0.3) is 0 Å². The van der Waals surface area contributed by atoms with E-state index in [-0.39, 0.29) is 11.7 Å². The van der Waals surface area contributed by atoms with Gasteiger partial charge in [0.2, 0.25) is 0 Å². The molecule has 0 bridgehead atoms. The number of carbonyl (C=O) groups excluding carboxylic acids is 1. The van der Waals surface area contributed by atoms with Gasteiger partial charge < -0.3 is 9.90 Å². The molecule has 0 heterocycles. The van der Waals surface area contributed by atoms with E-state index in [1.165, 1.54) is 12.1 Å². The van der Waals surface area contributed by atoms with Gasteiger partial charge in [-0.2, -0.15) is 0 Å². The molecule has 0 saturated carbocycles. The maximum Gasteiger partial charge on any atom is 0.126 e. The minimum atomic E-state index is -0.473. The molecule has 0 fully saturated rings. The van der Waals surface area contributed by atoms with Crippen molar-refractivity contribution in [3.63, 3.8) is 0 Å². The highest BCUT2D eigenvalue weighted by atomic mass is 19.1. The number of benzene rings is 1. The van der Waals surface area contributed by atoms with E-state index in [0.29, 0.717) is 12.0 Å². The quantitative estimate of drug-likeness (QED) is 0.728. The molecule has 0 aliphatic heterocycles. The van der Waals surface area contributed by atoms with Crippen LogP contribution < -0.4 is 0 Å². The van der Waals surface area contributed by atoms with E-state index in [2.05, 4.69) is 0 Å². The van der Waals surface area contributed by atoms with Gasteiger partial charge >= 0.3 is 0 Å². The summed E-state index contributed by atoms with van der Waals surface area (Å²) < 4.78 is 12.6. The van der Waals surface area contributed by atoms with E-state index < -0.39 is 5.82 Å². The fourth-order valence-electron chi connectivity index (χ4n) is 1.20. The zero-order chi connectivity index (χ0) is 9.84. The summed E-state index contributed by atoms with van der Waals surface area (Å²) in [6.45, 7) is 1.81. The molecule has 0 aliphatic rings. The standard InChI is InChI=1S/C10H11FO2/c1-7(4-5-12)9-3-2-8(11)6-10(9)13/h2-3,5-7,13H,4H2,1H3. The van der Waals surface area contributed by atoms with Crippen LogP contribution in [0.25, 0.3) is 0 Å². The molecule has 3 heteroatoms. The summed E-state index contributed by atoms with van der Waals surface area (Å²) in [5.74, 6) is -0.632.